The van der Waals surface area contributed by atoms with Crippen LogP contribution in [0.5, 0.6) is 0 Å². The molecule has 0 aliphatic heterocycles. The second-order valence-corrected chi connectivity index (χ2v) is 7.35. The van der Waals surface area contributed by atoms with Gasteiger partial charge in [0.1, 0.15) is 16.9 Å². The number of furan rings is 2. The van der Waals surface area contributed by atoms with Gasteiger partial charge in [0.05, 0.1) is 5.69 Å². The van der Waals surface area contributed by atoms with Gasteiger partial charge in [-0.2, -0.15) is 0 Å². The summed E-state index contributed by atoms with van der Waals surface area (Å²) in [6, 6.07) is 28.7. The molecule has 3 nitrogen and oxygen atoms in total. The Morgan fingerprint density at radius 1 is 0.724 bits per heavy atom. The van der Waals surface area contributed by atoms with E-state index in [0.717, 1.165) is 49.9 Å². The van der Waals surface area contributed by atoms with E-state index in [0.29, 0.717) is 5.71 Å². The van der Waals surface area contributed by atoms with Crippen LogP contribution in [0.15, 0.2) is 93.8 Å². The Balaban J connectivity index is 1.52. The molecule has 0 N–H and O–H groups in total. The third-order valence-corrected chi connectivity index (χ3v) is 5.40. The lowest BCUT2D eigenvalue weighted by Crippen LogP contribution is -1.83. The van der Waals surface area contributed by atoms with Crippen LogP contribution in [0.3, 0.4) is 0 Å². The molecule has 0 fully saturated rings. The molecule has 29 heavy (non-hydrogen) atoms. The van der Waals surface area contributed by atoms with Crippen LogP contribution in [0, 0.1) is 6.92 Å². The molecule has 6 rings (SSSR count). The van der Waals surface area contributed by atoms with E-state index in [4.69, 9.17) is 13.8 Å². The van der Waals surface area contributed by atoms with Crippen LogP contribution in [-0.4, -0.2) is 4.98 Å². The van der Waals surface area contributed by atoms with E-state index in [-0.39, 0.29) is 0 Å². The first-order valence-corrected chi connectivity index (χ1v) is 9.64. The summed E-state index contributed by atoms with van der Waals surface area (Å²) in [6.07, 6.45) is 0. The molecule has 3 aromatic carbocycles. The van der Waals surface area contributed by atoms with Crippen molar-refractivity contribution in [2.45, 2.75) is 6.92 Å². The number of aromatic nitrogens is 1. The first-order valence-electron chi connectivity index (χ1n) is 9.64. The number of pyridine rings is 1. The average Bonchev–Trinajstić information content (AvgIpc) is 3.35. The molecule has 6 aromatic rings. The van der Waals surface area contributed by atoms with Gasteiger partial charge >= 0.3 is 0 Å². The number of nitrogens with zero attached hydrogens (tertiary/aromatic N) is 1. The highest BCUT2D eigenvalue weighted by Crippen LogP contribution is 2.36. The molecule has 0 unspecified atom stereocenters. The number of fused-ring (bicyclic) bond motifs is 4. The molecule has 0 radical (unpaired) electrons. The Bertz CT molecular complexity index is 1500. The highest BCUT2D eigenvalue weighted by molar-refractivity contribution is 6.09. The van der Waals surface area contributed by atoms with Crippen LogP contribution >= 0.6 is 0 Å². The Morgan fingerprint density at radius 2 is 1.55 bits per heavy atom. The molecule has 3 aromatic heterocycles. The van der Waals surface area contributed by atoms with E-state index in [1.807, 2.05) is 42.5 Å². The van der Waals surface area contributed by atoms with Crippen molar-refractivity contribution < 1.29 is 8.83 Å². The molecule has 138 valence electrons. The highest BCUT2D eigenvalue weighted by atomic mass is 16.3. The van der Waals surface area contributed by atoms with Gasteiger partial charge < -0.3 is 8.83 Å². The van der Waals surface area contributed by atoms with E-state index < -0.39 is 0 Å². The molecular weight excluding hydrogens is 358 g/mol. The van der Waals surface area contributed by atoms with Gasteiger partial charge in [0.25, 0.3) is 0 Å². The average molecular weight is 375 g/mol. The Kier molecular flexibility index (Phi) is 3.38. The standard InChI is InChI=1S/C26H17NO2/c1-16-9-11-17(12-10-16)24-15-18-13-14-22(27-26(18)29-24)21-7-4-6-20-19-5-2-3-8-23(19)28-25(20)21/h2-15H,1H3. The predicted molar refractivity (Wildman–Crippen MR) is 117 cm³/mol. The van der Waals surface area contributed by atoms with Gasteiger partial charge in [0, 0.05) is 27.3 Å². The summed E-state index contributed by atoms with van der Waals surface area (Å²) in [5, 5.41) is 3.20. The first kappa shape index (κ1) is 16.1. The molecule has 0 aliphatic carbocycles. The van der Waals surface area contributed by atoms with Crippen LogP contribution in [0.1, 0.15) is 5.56 Å². The zero-order chi connectivity index (χ0) is 19.4. The zero-order valence-electron chi connectivity index (χ0n) is 15.8. The molecular formula is C26H17NO2. The van der Waals surface area contributed by atoms with Crippen LogP contribution < -0.4 is 0 Å². The van der Waals surface area contributed by atoms with Crippen LogP contribution in [0.2, 0.25) is 0 Å². The number of benzene rings is 3. The highest BCUT2D eigenvalue weighted by Gasteiger charge is 2.14. The van der Waals surface area contributed by atoms with Crippen molar-refractivity contribution in [1.82, 2.24) is 4.98 Å². The molecule has 0 bridgehead atoms. The van der Waals surface area contributed by atoms with Gasteiger partial charge in [-0.3, -0.25) is 0 Å². The summed E-state index contributed by atoms with van der Waals surface area (Å²) >= 11 is 0. The molecule has 0 amide bonds. The Labute approximate surface area is 167 Å². The van der Waals surface area contributed by atoms with E-state index in [9.17, 15) is 0 Å². The van der Waals surface area contributed by atoms with Crippen molar-refractivity contribution in [3.63, 3.8) is 0 Å². The summed E-state index contributed by atoms with van der Waals surface area (Å²) < 4.78 is 12.3. The fraction of sp³-hybridized carbons (Fsp3) is 0.0385. The molecule has 0 spiro atoms. The van der Waals surface area contributed by atoms with Crippen molar-refractivity contribution in [1.29, 1.82) is 0 Å². The van der Waals surface area contributed by atoms with Gasteiger partial charge in [-0.1, -0.05) is 60.2 Å². The van der Waals surface area contributed by atoms with Crippen molar-refractivity contribution >= 4 is 33.0 Å². The maximum Gasteiger partial charge on any atom is 0.227 e. The van der Waals surface area contributed by atoms with Crippen molar-refractivity contribution in [2.75, 3.05) is 0 Å². The van der Waals surface area contributed by atoms with Crippen LogP contribution in [0.25, 0.3) is 55.6 Å². The molecule has 0 saturated carbocycles. The fourth-order valence-corrected chi connectivity index (χ4v) is 3.88. The summed E-state index contributed by atoms with van der Waals surface area (Å²) in [5.41, 5.74) is 6.45. The first-order chi connectivity index (χ1) is 14.3. The lowest BCUT2D eigenvalue weighted by Gasteiger charge is -2.01. The van der Waals surface area contributed by atoms with Crippen molar-refractivity contribution in [2.24, 2.45) is 0 Å². The number of para-hydroxylation sites is 2. The lowest BCUT2D eigenvalue weighted by molar-refractivity contribution is 0.619. The normalized spacial score (nSPS) is 11.6. The smallest absolute Gasteiger partial charge is 0.227 e. The number of hydrogen-bond acceptors (Lipinski definition) is 3. The van der Waals surface area contributed by atoms with Gasteiger partial charge in [-0.05, 0) is 37.3 Å². The minimum Gasteiger partial charge on any atom is -0.455 e. The van der Waals surface area contributed by atoms with E-state index in [1.54, 1.807) is 0 Å². The van der Waals surface area contributed by atoms with Crippen molar-refractivity contribution in [3.8, 4) is 22.6 Å². The third kappa shape index (κ3) is 2.55. The van der Waals surface area contributed by atoms with Crippen LogP contribution in [-0.2, 0) is 0 Å². The van der Waals surface area contributed by atoms with Gasteiger partial charge in [0.2, 0.25) is 5.71 Å². The summed E-state index contributed by atoms with van der Waals surface area (Å²) in [5.74, 6) is 0.826. The summed E-state index contributed by atoms with van der Waals surface area (Å²) in [4.78, 5) is 4.80. The summed E-state index contributed by atoms with van der Waals surface area (Å²) in [6.45, 7) is 2.08. The van der Waals surface area contributed by atoms with E-state index in [2.05, 4.69) is 49.4 Å². The Morgan fingerprint density at radius 3 is 2.45 bits per heavy atom. The minimum atomic E-state index is 0.631. The quantitative estimate of drug-likeness (QED) is 0.317. The third-order valence-electron chi connectivity index (χ3n) is 5.40. The largest absolute Gasteiger partial charge is 0.455 e. The lowest BCUT2D eigenvalue weighted by atomic mass is 10.1. The molecule has 0 saturated heterocycles. The van der Waals surface area contributed by atoms with E-state index in [1.165, 1.54) is 5.56 Å². The topological polar surface area (TPSA) is 39.2 Å². The number of hydrogen-bond donors (Lipinski definition) is 0. The minimum absolute atomic E-state index is 0.631. The molecule has 0 atom stereocenters. The number of rotatable bonds is 2. The van der Waals surface area contributed by atoms with Gasteiger partial charge in [-0.25, -0.2) is 4.98 Å². The predicted octanol–water partition coefficient (Wildman–Crippen LogP) is 7.37. The molecule has 3 heterocycles. The fourth-order valence-electron chi connectivity index (χ4n) is 3.88. The number of aryl methyl sites for hydroxylation is 1. The second kappa shape index (κ2) is 6.08. The second-order valence-electron chi connectivity index (χ2n) is 7.35. The maximum absolute atomic E-state index is 6.17. The van der Waals surface area contributed by atoms with Gasteiger partial charge in [-0.15, -0.1) is 0 Å². The molecule has 3 heteroatoms. The van der Waals surface area contributed by atoms with Gasteiger partial charge in [0.15, 0.2) is 0 Å². The molecule has 0 aliphatic rings. The Hall–Kier alpha value is -3.85. The van der Waals surface area contributed by atoms with E-state index >= 15 is 0 Å². The summed E-state index contributed by atoms with van der Waals surface area (Å²) in [7, 11) is 0. The van der Waals surface area contributed by atoms with Crippen molar-refractivity contribution in [3.05, 3.63) is 90.5 Å². The van der Waals surface area contributed by atoms with Crippen LogP contribution in [0.4, 0.5) is 0 Å². The zero-order valence-corrected chi connectivity index (χ0v) is 15.8. The maximum atomic E-state index is 6.17. The monoisotopic (exact) mass is 375 g/mol. The SMILES string of the molecule is Cc1ccc(-c2cc3ccc(-c4cccc5c4oc4ccccc45)nc3o2)cc1.